The number of rotatable bonds is 0. The molecule has 2 heterocycles. The Morgan fingerprint density at radius 1 is 1.46 bits per heavy atom. The minimum Gasteiger partial charge on any atom is -0.318 e. The van der Waals surface area contributed by atoms with Gasteiger partial charge in [0.05, 0.1) is 5.39 Å². The first kappa shape index (κ1) is 8.26. The second kappa shape index (κ2) is 2.85. The molecular weight excluding hydrogens is 188 g/mol. The number of halogens is 1. The van der Waals surface area contributed by atoms with E-state index in [9.17, 15) is 4.79 Å². The number of nitrogens with zero attached hydrogens (tertiary/aromatic N) is 2. The third-order valence-electron chi connectivity index (χ3n) is 1.95. The van der Waals surface area contributed by atoms with Gasteiger partial charge in [0.1, 0.15) is 5.15 Å². The third-order valence-corrected chi connectivity index (χ3v) is 2.24. The summed E-state index contributed by atoms with van der Waals surface area (Å²) in [4.78, 5) is 15.4. The van der Waals surface area contributed by atoms with Gasteiger partial charge in [-0.15, -0.1) is 0 Å². The second-order valence-corrected chi connectivity index (χ2v) is 3.16. The molecule has 0 radical (unpaired) electrons. The zero-order valence-corrected chi connectivity index (χ0v) is 7.75. The predicted molar refractivity (Wildman–Crippen MR) is 52.0 cm³/mol. The summed E-state index contributed by atoms with van der Waals surface area (Å²) >= 11 is 5.81. The van der Waals surface area contributed by atoms with Gasteiger partial charge in [0.2, 0.25) is 0 Å². The molecule has 0 fully saturated rings. The van der Waals surface area contributed by atoms with Crippen molar-refractivity contribution in [2.75, 3.05) is 0 Å². The highest BCUT2D eigenvalue weighted by atomic mass is 35.5. The Kier molecular flexibility index (Phi) is 1.81. The molecule has 0 aromatic carbocycles. The summed E-state index contributed by atoms with van der Waals surface area (Å²) in [5, 5.41) is 1.57. The van der Waals surface area contributed by atoms with Gasteiger partial charge < -0.3 is 4.57 Å². The maximum absolute atomic E-state index is 11.6. The topological polar surface area (TPSA) is 34.9 Å². The Morgan fingerprint density at radius 2 is 2.23 bits per heavy atom. The van der Waals surface area contributed by atoms with Crippen LogP contribution in [0.5, 0.6) is 0 Å². The molecule has 0 N–H and O–H groups in total. The quantitative estimate of drug-likeness (QED) is 0.597. The lowest BCUT2D eigenvalue weighted by molar-refractivity contribution is 0.872. The average molecular weight is 195 g/mol. The number of fused-ring (bicyclic) bond motifs is 1. The molecule has 0 aliphatic rings. The first-order valence-corrected chi connectivity index (χ1v) is 4.18. The van der Waals surface area contributed by atoms with Crippen molar-refractivity contribution in [2.45, 2.75) is 0 Å². The summed E-state index contributed by atoms with van der Waals surface area (Å²) in [6.07, 6.45) is 3.30. The van der Waals surface area contributed by atoms with Crippen LogP contribution in [0.4, 0.5) is 0 Å². The van der Waals surface area contributed by atoms with Crippen LogP contribution in [0.1, 0.15) is 0 Å². The lowest BCUT2D eigenvalue weighted by atomic mass is 10.2. The van der Waals surface area contributed by atoms with Crippen LogP contribution in [0.3, 0.4) is 0 Å². The van der Waals surface area contributed by atoms with Gasteiger partial charge in [-0.1, -0.05) is 11.6 Å². The van der Waals surface area contributed by atoms with Crippen molar-refractivity contribution in [1.82, 2.24) is 9.55 Å². The summed E-state index contributed by atoms with van der Waals surface area (Å²) in [5.74, 6) is 0. The molecule has 0 aliphatic heterocycles. The Bertz CT molecular complexity index is 518. The van der Waals surface area contributed by atoms with Gasteiger partial charge in [-0.2, -0.15) is 0 Å². The van der Waals surface area contributed by atoms with E-state index in [4.69, 9.17) is 11.6 Å². The summed E-state index contributed by atoms with van der Waals surface area (Å²) in [7, 11) is 1.69. The maximum atomic E-state index is 11.6. The van der Waals surface area contributed by atoms with E-state index in [1.54, 1.807) is 25.5 Å². The van der Waals surface area contributed by atoms with E-state index >= 15 is 0 Å². The van der Waals surface area contributed by atoms with Gasteiger partial charge >= 0.3 is 0 Å². The molecule has 0 atom stereocenters. The molecule has 0 saturated carbocycles. The summed E-state index contributed by atoms with van der Waals surface area (Å²) in [5.41, 5.74) is -0.115. The van der Waals surface area contributed by atoms with Crippen LogP contribution < -0.4 is 5.56 Å². The van der Waals surface area contributed by atoms with Gasteiger partial charge in [0.25, 0.3) is 5.56 Å². The van der Waals surface area contributed by atoms with Crippen LogP contribution in [0.15, 0.2) is 29.3 Å². The van der Waals surface area contributed by atoms with E-state index in [0.717, 1.165) is 5.39 Å². The van der Waals surface area contributed by atoms with Crippen LogP contribution in [-0.4, -0.2) is 9.55 Å². The SMILES string of the molecule is Cn1ccc2ccnc(Cl)c2c1=O. The Balaban J connectivity index is 3.06. The van der Waals surface area contributed by atoms with E-state index in [-0.39, 0.29) is 10.7 Å². The average Bonchev–Trinajstić information content (AvgIpc) is 2.12. The van der Waals surface area contributed by atoms with E-state index in [1.165, 1.54) is 4.57 Å². The Hall–Kier alpha value is -1.35. The monoisotopic (exact) mass is 194 g/mol. The van der Waals surface area contributed by atoms with Crippen molar-refractivity contribution in [1.29, 1.82) is 0 Å². The lowest BCUT2D eigenvalue weighted by Crippen LogP contribution is -2.15. The highest BCUT2D eigenvalue weighted by molar-refractivity contribution is 6.34. The molecule has 2 rings (SSSR count). The summed E-state index contributed by atoms with van der Waals surface area (Å²) in [6.45, 7) is 0. The fraction of sp³-hybridized carbons (Fsp3) is 0.111. The van der Waals surface area contributed by atoms with Crippen LogP contribution in [0.25, 0.3) is 10.8 Å². The molecule has 2 aromatic heterocycles. The van der Waals surface area contributed by atoms with Crippen LogP contribution in [0.2, 0.25) is 5.15 Å². The number of pyridine rings is 2. The van der Waals surface area contributed by atoms with Crippen LogP contribution in [-0.2, 0) is 7.05 Å². The van der Waals surface area contributed by atoms with Crippen molar-refractivity contribution in [3.05, 3.63) is 40.0 Å². The lowest BCUT2D eigenvalue weighted by Gasteiger charge is -2.00. The summed E-state index contributed by atoms with van der Waals surface area (Å²) < 4.78 is 1.48. The predicted octanol–water partition coefficient (Wildman–Crippen LogP) is 1.59. The number of aromatic nitrogens is 2. The Labute approximate surface area is 79.6 Å². The van der Waals surface area contributed by atoms with Gasteiger partial charge in [-0.3, -0.25) is 4.79 Å². The molecule has 4 heteroatoms. The van der Waals surface area contributed by atoms with E-state index < -0.39 is 0 Å². The first-order chi connectivity index (χ1) is 6.20. The van der Waals surface area contributed by atoms with Gasteiger partial charge in [-0.25, -0.2) is 4.98 Å². The molecule has 0 saturated heterocycles. The molecule has 0 aliphatic carbocycles. The van der Waals surface area contributed by atoms with Crippen molar-refractivity contribution in [3.8, 4) is 0 Å². The minimum atomic E-state index is -0.115. The standard InChI is InChI=1S/C9H7ClN2O/c1-12-5-3-6-2-4-11-8(10)7(6)9(12)13/h2-5H,1H3. The van der Waals surface area contributed by atoms with Crippen molar-refractivity contribution in [3.63, 3.8) is 0 Å². The van der Waals surface area contributed by atoms with Gasteiger partial charge in [0.15, 0.2) is 0 Å². The second-order valence-electron chi connectivity index (χ2n) is 2.80. The third kappa shape index (κ3) is 1.21. The fourth-order valence-electron chi connectivity index (χ4n) is 1.24. The molecule has 0 unspecified atom stereocenters. The van der Waals surface area contributed by atoms with Crippen molar-refractivity contribution >= 4 is 22.4 Å². The molecule has 0 spiro atoms. The molecule has 66 valence electrons. The molecular formula is C9H7ClN2O. The van der Waals surface area contributed by atoms with Crippen LogP contribution >= 0.6 is 11.6 Å². The molecule has 13 heavy (non-hydrogen) atoms. The van der Waals surface area contributed by atoms with Crippen molar-refractivity contribution in [2.24, 2.45) is 7.05 Å². The van der Waals surface area contributed by atoms with Gasteiger partial charge in [-0.05, 0) is 17.5 Å². The number of aryl methyl sites for hydroxylation is 1. The summed E-state index contributed by atoms with van der Waals surface area (Å²) in [6, 6.07) is 3.60. The van der Waals surface area contributed by atoms with E-state index in [2.05, 4.69) is 4.98 Å². The molecule has 2 aromatic rings. The number of hydrogen-bond donors (Lipinski definition) is 0. The highest BCUT2D eigenvalue weighted by Crippen LogP contribution is 2.15. The van der Waals surface area contributed by atoms with Crippen molar-refractivity contribution < 1.29 is 0 Å². The number of hydrogen-bond acceptors (Lipinski definition) is 2. The smallest absolute Gasteiger partial charge is 0.261 e. The molecule has 0 amide bonds. The molecule has 3 nitrogen and oxygen atoms in total. The normalized spacial score (nSPS) is 10.6. The fourth-order valence-corrected chi connectivity index (χ4v) is 1.48. The highest BCUT2D eigenvalue weighted by Gasteiger charge is 2.04. The largest absolute Gasteiger partial charge is 0.318 e. The zero-order chi connectivity index (χ0) is 9.42. The van der Waals surface area contributed by atoms with E-state index in [1.807, 2.05) is 6.07 Å². The first-order valence-electron chi connectivity index (χ1n) is 3.80. The zero-order valence-electron chi connectivity index (χ0n) is 6.99. The maximum Gasteiger partial charge on any atom is 0.261 e. The van der Waals surface area contributed by atoms with Gasteiger partial charge in [0, 0.05) is 19.4 Å². The van der Waals surface area contributed by atoms with E-state index in [0.29, 0.717) is 5.39 Å². The molecule has 0 bridgehead atoms. The van der Waals surface area contributed by atoms with Crippen LogP contribution in [0, 0.1) is 0 Å². The Morgan fingerprint density at radius 3 is 3.00 bits per heavy atom. The minimum absolute atomic E-state index is 0.115.